The highest BCUT2D eigenvalue weighted by molar-refractivity contribution is 7.80. The lowest BCUT2D eigenvalue weighted by molar-refractivity contribution is 0.502. The van der Waals surface area contributed by atoms with Crippen molar-refractivity contribution in [2.24, 2.45) is 0 Å². The molecular weight excluding hydrogens is 315 g/mol. The maximum Gasteiger partial charge on any atom is 0.166 e. The first kappa shape index (κ1) is 15.2. The fourth-order valence-electron chi connectivity index (χ4n) is 1.72. The normalized spacial score (nSPS) is 10.3. The first-order valence-electron chi connectivity index (χ1n) is 6.14. The average molecular weight is 329 g/mol. The molecule has 0 amide bonds. The van der Waals surface area contributed by atoms with Crippen LogP contribution in [0.2, 0.25) is 10.0 Å². The second kappa shape index (κ2) is 7.53. The van der Waals surface area contributed by atoms with Crippen molar-refractivity contribution in [3.63, 3.8) is 0 Å². The monoisotopic (exact) mass is 328 g/mol. The van der Waals surface area contributed by atoms with Crippen molar-refractivity contribution in [2.45, 2.75) is 13.0 Å². The SMILES string of the molecule is S=C(NCCc1c(Cl)cccc1Cl)NCc1ccco1. The average Bonchev–Trinajstić information content (AvgIpc) is 2.93. The number of nitrogens with one attached hydrogen (secondary N) is 2. The number of benzene rings is 1. The Bertz CT molecular complexity index is 552. The molecule has 0 spiro atoms. The van der Waals surface area contributed by atoms with E-state index in [4.69, 9.17) is 39.8 Å². The molecule has 20 heavy (non-hydrogen) atoms. The number of thiocarbonyl (C=S) groups is 1. The predicted molar refractivity (Wildman–Crippen MR) is 86.3 cm³/mol. The van der Waals surface area contributed by atoms with Gasteiger partial charge in [-0.3, -0.25) is 0 Å². The van der Waals surface area contributed by atoms with Gasteiger partial charge < -0.3 is 15.1 Å². The topological polar surface area (TPSA) is 37.2 Å². The highest BCUT2D eigenvalue weighted by Gasteiger charge is 2.05. The van der Waals surface area contributed by atoms with Crippen molar-refractivity contribution >= 4 is 40.5 Å². The van der Waals surface area contributed by atoms with Crippen molar-refractivity contribution in [1.29, 1.82) is 0 Å². The van der Waals surface area contributed by atoms with E-state index >= 15 is 0 Å². The van der Waals surface area contributed by atoms with E-state index in [0.29, 0.717) is 34.7 Å². The van der Waals surface area contributed by atoms with Gasteiger partial charge in [-0.05, 0) is 48.5 Å². The lowest BCUT2D eigenvalue weighted by atomic mass is 10.1. The molecule has 106 valence electrons. The largest absolute Gasteiger partial charge is 0.467 e. The minimum absolute atomic E-state index is 0.561. The second-order valence-corrected chi connectivity index (χ2v) is 5.36. The minimum atomic E-state index is 0.561. The van der Waals surface area contributed by atoms with Gasteiger partial charge in [-0.15, -0.1) is 0 Å². The van der Waals surface area contributed by atoms with Crippen LogP contribution in [0.25, 0.3) is 0 Å². The molecule has 6 heteroatoms. The first-order valence-corrected chi connectivity index (χ1v) is 7.30. The Labute approximate surface area is 133 Å². The Balaban J connectivity index is 1.74. The Hall–Kier alpha value is -1.23. The zero-order valence-electron chi connectivity index (χ0n) is 10.7. The van der Waals surface area contributed by atoms with Gasteiger partial charge in [0.1, 0.15) is 5.76 Å². The number of hydrogen-bond acceptors (Lipinski definition) is 2. The molecule has 0 unspecified atom stereocenters. The Morgan fingerprint density at radius 3 is 2.50 bits per heavy atom. The van der Waals surface area contributed by atoms with E-state index in [-0.39, 0.29) is 0 Å². The maximum absolute atomic E-state index is 6.10. The third-order valence-corrected chi connectivity index (χ3v) is 3.72. The van der Waals surface area contributed by atoms with Gasteiger partial charge in [-0.2, -0.15) is 0 Å². The third-order valence-electron chi connectivity index (χ3n) is 2.73. The van der Waals surface area contributed by atoms with Gasteiger partial charge in [0, 0.05) is 16.6 Å². The third kappa shape index (κ3) is 4.40. The van der Waals surface area contributed by atoms with Crippen molar-refractivity contribution in [3.05, 3.63) is 58.0 Å². The molecule has 0 atom stereocenters. The molecule has 0 fully saturated rings. The van der Waals surface area contributed by atoms with Gasteiger partial charge in [0.25, 0.3) is 0 Å². The van der Waals surface area contributed by atoms with E-state index in [1.165, 1.54) is 0 Å². The van der Waals surface area contributed by atoms with Crippen LogP contribution in [0.1, 0.15) is 11.3 Å². The molecule has 0 bridgehead atoms. The highest BCUT2D eigenvalue weighted by atomic mass is 35.5. The molecular formula is C14H14Cl2N2OS. The quantitative estimate of drug-likeness (QED) is 0.819. The van der Waals surface area contributed by atoms with Crippen LogP contribution in [-0.4, -0.2) is 11.7 Å². The highest BCUT2D eigenvalue weighted by Crippen LogP contribution is 2.24. The van der Waals surface area contributed by atoms with Crippen LogP contribution in [0.15, 0.2) is 41.0 Å². The molecule has 0 radical (unpaired) electrons. The lowest BCUT2D eigenvalue weighted by Gasteiger charge is -2.11. The zero-order valence-corrected chi connectivity index (χ0v) is 13.0. The summed E-state index contributed by atoms with van der Waals surface area (Å²) in [6, 6.07) is 9.22. The molecule has 2 aromatic rings. The zero-order chi connectivity index (χ0) is 14.4. The van der Waals surface area contributed by atoms with E-state index in [1.54, 1.807) is 6.26 Å². The van der Waals surface area contributed by atoms with Crippen molar-refractivity contribution in [3.8, 4) is 0 Å². The molecule has 0 aliphatic heterocycles. The van der Waals surface area contributed by atoms with Gasteiger partial charge in [0.05, 0.1) is 12.8 Å². The summed E-state index contributed by atoms with van der Waals surface area (Å²) in [7, 11) is 0. The van der Waals surface area contributed by atoms with Crippen LogP contribution in [0.4, 0.5) is 0 Å². The van der Waals surface area contributed by atoms with Gasteiger partial charge in [0.15, 0.2) is 5.11 Å². The molecule has 3 nitrogen and oxygen atoms in total. The molecule has 1 aromatic heterocycles. The Morgan fingerprint density at radius 1 is 1.10 bits per heavy atom. The Morgan fingerprint density at radius 2 is 1.85 bits per heavy atom. The van der Waals surface area contributed by atoms with Crippen molar-refractivity contribution in [1.82, 2.24) is 10.6 Å². The predicted octanol–water partition coefficient (Wildman–Crippen LogP) is 3.79. The van der Waals surface area contributed by atoms with Gasteiger partial charge >= 0.3 is 0 Å². The van der Waals surface area contributed by atoms with Gasteiger partial charge in [0.2, 0.25) is 0 Å². The second-order valence-electron chi connectivity index (χ2n) is 4.14. The summed E-state index contributed by atoms with van der Waals surface area (Å²) in [4.78, 5) is 0. The van der Waals surface area contributed by atoms with Crippen LogP contribution in [0.3, 0.4) is 0 Å². The summed E-state index contributed by atoms with van der Waals surface area (Å²) in [6.45, 7) is 1.22. The summed E-state index contributed by atoms with van der Waals surface area (Å²) in [5.74, 6) is 0.836. The van der Waals surface area contributed by atoms with E-state index in [0.717, 1.165) is 11.3 Å². The minimum Gasteiger partial charge on any atom is -0.467 e. The molecule has 0 aliphatic rings. The maximum atomic E-state index is 6.10. The standard InChI is InChI=1S/C14H14Cl2N2OS/c15-12-4-1-5-13(16)11(12)6-7-17-14(20)18-9-10-3-2-8-19-10/h1-5,8H,6-7,9H2,(H2,17,18,20). The fourth-order valence-corrected chi connectivity index (χ4v) is 2.48. The van der Waals surface area contributed by atoms with E-state index in [2.05, 4.69) is 10.6 Å². The molecule has 0 saturated heterocycles. The molecule has 0 saturated carbocycles. The number of rotatable bonds is 5. The van der Waals surface area contributed by atoms with Crippen LogP contribution < -0.4 is 10.6 Å². The molecule has 2 rings (SSSR count). The lowest BCUT2D eigenvalue weighted by Crippen LogP contribution is -2.35. The number of hydrogen-bond donors (Lipinski definition) is 2. The van der Waals surface area contributed by atoms with Gasteiger partial charge in [-0.1, -0.05) is 29.3 Å². The smallest absolute Gasteiger partial charge is 0.166 e. The summed E-state index contributed by atoms with van der Waals surface area (Å²) < 4.78 is 5.20. The summed E-state index contributed by atoms with van der Waals surface area (Å²) >= 11 is 17.4. The van der Waals surface area contributed by atoms with Crippen LogP contribution in [-0.2, 0) is 13.0 Å². The van der Waals surface area contributed by atoms with E-state index in [9.17, 15) is 0 Å². The van der Waals surface area contributed by atoms with Crippen LogP contribution in [0.5, 0.6) is 0 Å². The van der Waals surface area contributed by atoms with Crippen LogP contribution in [0, 0.1) is 0 Å². The van der Waals surface area contributed by atoms with E-state index in [1.807, 2.05) is 30.3 Å². The number of halogens is 2. The summed E-state index contributed by atoms with van der Waals surface area (Å²) in [6.07, 6.45) is 2.34. The summed E-state index contributed by atoms with van der Waals surface area (Å²) in [5.41, 5.74) is 0.928. The first-order chi connectivity index (χ1) is 9.66. The van der Waals surface area contributed by atoms with Crippen LogP contribution >= 0.6 is 35.4 Å². The van der Waals surface area contributed by atoms with E-state index < -0.39 is 0 Å². The molecule has 1 aromatic carbocycles. The van der Waals surface area contributed by atoms with Crippen molar-refractivity contribution < 1.29 is 4.42 Å². The number of furan rings is 1. The Kier molecular flexibility index (Phi) is 5.71. The van der Waals surface area contributed by atoms with Crippen molar-refractivity contribution in [2.75, 3.05) is 6.54 Å². The molecule has 1 heterocycles. The van der Waals surface area contributed by atoms with Gasteiger partial charge in [-0.25, -0.2) is 0 Å². The molecule has 0 aliphatic carbocycles. The molecule has 2 N–H and O–H groups in total. The summed E-state index contributed by atoms with van der Waals surface area (Å²) in [5, 5.41) is 8.09. The fraction of sp³-hybridized carbons (Fsp3) is 0.214.